The molecule has 0 spiro atoms. The van der Waals surface area contributed by atoms with Crippen molar-refractivity contribution < 1.29 is 24.0 Å². The van der Waals surface area contributed by atoms with Crippen LogP contribution in [0.3, 0.4) is 0 Å². The second-order valence-electron chi connectivity index (χ2n) is 4.00. The van der Waals surface area contributed by atoms with Crippen molar-refractivity contribution in [1.29, 1.82) is 0 Å². The lowest BCUT2D eigenvalue weighted by Crippen LogP contribution is -2.07. The molecule has 1 rings (SSSR count). The fourth-order valence-corrected chi connectivity index (χ4v) is 1.48. The van der Waals surface area contributed by atoms with E-state index in [0.717, 1.165) is 19.3 Å². The summed E-state index contributed by atoms with van der Waals surface area (Å²) < 4.78 is 10.2. The van der Waals surface area contributed by atoms with E-state index in [-0.39, 0.29) is 0 Å². The van der Waals surface area contributed by atoms with Crippen LogP contribution in [0.1, 0.15) is 36.5 Å². The molecule has 0 saturated carbocycles. The summed E-state index contributed by atoms with van der Waals surface area (Å²) >= 11 is 0. The lowest BCUT2D eigenvalue weighted by atomic mass is 10.2. The van der Waals surface area contributed by atoms with Crippen molar-refractivity contribution in [2.45, 2.75) is 26.2 Å². The van der Waals surface area contributed by atoms with Crippen molar-refractivity contribution in [3.05, 3.63) is 23.8 Å². The number of ether oxygens (including phenoxy) is 2. The topological polar surface area (TPSA) is 54.0 Å². The predicted octanol–water partition coefficient (Wildman–Crippen LogP) is 2.98. The van der Waals surface area contributed by atoms with Gasteiger partial charge in [-0.3, -0.25) is 4.89 Å². The van der Waals surface area contributed by atoms with E-state index < -0.39 is 5.97 Å². The van der Waals surface area contributed by atoms with Crippen molar-refractivity contribution in [1.82, 2.24) is 0 Å². The van der Waals surface area contributed by atoms with E-state index in [1.54, 1.807) is 18.2 Å². The molecular weight excluding hydrogens is 248 g/mol. The van der Waals surface area contributed by atoms with Gasteiger partial charge in [0.05, 0.1) is 26.4 Å². The molecule has 1 aromatic carbocycles. The summed E-state index contributed by atoms with van der Waals surface area (Å²) in [7, 11) is 3.04. The Labute approximate surface area is 113 Å². The molecule has 0 aromatic heterocycles. The summed E-state index contributed by atoms with van der Waals surface area (Å²) in [6.45, 7) is 2.50. The van der Waals surface area contributed by atoms with E-state index in [0.29, 0.717) is 23.7 Å². The minimum absolute atomic E-state index is 0.326. The largest absolute Gasteiger partial charge is 0.497 e. The van der Waals surface area contributed by atoms with E-state index in [4.69, 9.17) is 19.2 Å². The minimum atomic E-state index is -0.561. The van der Waals surface area contributed by atoms with Crippen LogP contribution in [0, 0.1) is 0 Å². The zero-order valence-corrected chi connectivity index (χ0v) is 11.6. The molecular formula is C14H20O5. The first-order valence-corrected chi connectivity index (χ1v) is 6.28. The quantitative estimate of drug-likeness (QED) is 0.412. The molecule has 0 N–H and O–H groups in total. The maximum absolute atomic E-state index is 11.8. The molecule has 106 valence electrons. The van der Waals surface area contributed by atoms with Crippen LogP contribution < -0.4 is 9.47 Å². The van der Waals surface area contributed by atoms with Crippen LogP contribution in [-0.2, 0) is 9.78 Å². The summed E-state index contributed by atoms with van der Waals surface area (Å²) in [5, 5.41) is 0. The molecule has 0 heterocycles. The third-order valence-corrected chi connectivity index (χ3v) is 2.55. The summed E-state index contributed by atoms with van der Waals surface area (Å²) in [6.07, 6.45) is 3.00. The van der Waals surface area contributed by atoms with Gasteiger partial charge in [-0.2, -0.15) is 4.89 Å². The number of hydrogen-bond acceptors (Lipinski definition) is 5. The fraction of sp³-hybridized carbons (Fsp3) is 0.500. The number of benzene rings is 1. The van der Waals surface area contributed by atoms with Crippen LogP contribution in [0.5, 0.6) is 11.5 Å². The van der Waals surface area contributed by atoms with Crippen molar-refractivity contribution in [2.75, 3.05) is 20.8 Å². The van der Waals surface area contributed by atoms with Crippen molar-refractivity contribution >= 4 is 5.97 Å². The first-order chi connectivity index (χ1) is 9.21. The maximum Gasteiger partial charge on any atom is 0.373 e. The molecule has 0 saturated heterocycles. The Morgan fingerprint density at radius 3 is 2.21 bits per heavy atom. The van der Waals surface area contributed by atoms with E-state index in [1.807, 2.05) is 0 Å². The lowest BCUT2D eigenvalue weighted by molar-refractivity contribution is -0.241. The van der Waals surface area contributed by atoms with E-state index in [1.165, 1.54) is 14.2 Å². The zero-order chi connectivity index (χ0) is 14.1. The van der Waals surface area contributed by atoms with Crippen LogP contribution in [0.4, 0.5) is 0 Å². The molecule has 5 heteroatoms. The van der Waals surface area contributed by atoms with Crippen molar-refractivity contribution in [2.24, 2.45) is 0 Å². The van der Waals surface area contributed by atoms with Crippen LogP contribution in [-0.4, -0.2) is 26.8 Å². The second-order valence-corrected chi connectivity index (χ2v) is 4.00. The van der Waals surface area contributed by atoms with Crippen LogP contribution >= 0.6 is 0 Å². The zero-order valence-electron chi connectivity index (χ0n) is 11.6. The van der Waals surface area contributed by atoms with Gasteiger partial charge in [0.2, 0.25) is 0 Å². The van der Waals surface area contributed by atoms with Gasteiger partial charge in [0, 0.05) is 6.07 Å². The first-order valence-electron chi connectivity index (χ1n) is 6.28. The minimum Gasteiger partial charge on any atom is -0.497 e. The highest BCUT2D eigenvalue weighted by Crippen LogP contribution is 2.22. The molecule has 0 aliphatic rings. The Bertz CT molecular complexity index is 381. The molecule has 0 aliphatic heterocycles. The number of unbranched alkanes of at least 4 members (excludes halogenated alkanes) is 2. The molecule has 1 aromatic rings. The van der Waals surface area contributed by atoms with E-state index in [2.05, 4.69) is 6.92 Å². The molecule has 0 radical (unpaired) electrons. The van der Waals surface area contributed by atoms with Gasteiger partial charge in [0.15, 0.2) is 0 Å². The highest BCUT2D eigenvalue weighted by Gasteiger charge is 2.12. The summed E-state index contributed by atoms with van der Waals surface area (Å²) in [5.74, 6) is 0.489. The van der Waals surface area contributed by atoms with Crippen molar-refractivity contribution in [3.8, 4) is 11.5 Å². The van der Waals surface area contributed by atoms with Gasteiger partial charge in [-0.05, 0) is 18.6 Å². The molecule has 19 heavy (non-hydrogen) atoms. The Balaban J connectivity index is 2.55. The highest BCUT2D eigenvalue weighted by molar-refractivity contribution is 5.90. The normalized spacial score (nSPS) is 10.1. The molecule has 0 atom stereocenters. The van der Waals surface area contributed by atoms with Gasteiger partial charge in [0.25, 0.3) is 0 Å². The monoisotopic (exact) mass is 268 g/mol. The van der Waals surface area contributed by atoms with Gasteiger partial charge in [-0.25, -0.2) is 4.79 Å². The van der Waals surface area contributed by atoms with Gasteiger partial charge in [-0.1, -0.05) is 19.8 Å². The average molecular weight is 268 g/mol. The number of hydrogen-bond donors (Lipinski definition) is 0. The summed E-state index contributed by atoms with van der Waals surface area (Å²) in [6, 6.07) is 4.82. The molecule has 0 unspecified atom stereocenters. The van der Waals surface area contributed by atoms with Crippen LogP contribution in [0.2, 0.25) is 0 Å². The number of carbonyl (C=O) groups is 1. The number of methoxy groups -OCH3 is 2. The fourth-order valence-electron chi connectivity index (χ4n) is 1.48. The highest BCUT2D eigenvalue weighted by atomic mass is 17.2. The summed E-state index contributed by atoms with van der Waals surface area (Å²) in [5.41, 5.74) is 0.326. The molecule has 0 fully saturated rings. The van der Waals surface area contributed by atoms with Gasteiger partial charge >= 0.3 is 5.97 Å². The SMILES string of the molecule is CCCCCOOC(=O)c1cc(OC)cc(OC)c1. The summed E-state index contributed by atoms with van der Waals surface area (Å²) in [4.78, 5) is 21.3. The smallest absolute Gasteiger partial charge is 0.373 e. The third-order valence-electron chi connectivity index (χ3n) is 2.55. The predicted molar refractivity (Wildman–Crippen MR) is 70.4 cm³/mol. The molecule has 0 amide bonds. The second kappa shape index (κ2) is 8.37. The van der Waals surface area contributed by atoms with Crippen LogP contribution in [0.25, 0.3) is 0 Å². The van der Waals surface area contributed by atoms with Crippen molar-refractivity contribution in [3.63, 3.8) is 0 Å². The van der Waals surface area contributed by atoms with E-state index in [9.17, 15) is 4.79 Å². The maximum atomic E-state index is 11.8. The molecule has 0 bridgehead atoms. The van der Waals surface area contributed by atoms with Gasteiger partial charge in [-0.15, -0.1) is 0 Å². The Morgan fingerprint density at radius 1 is 1.05 bits per heavy atom. The number of carbonyl (C=O) groups excluding carboxylic acids is 1. The van der Waals surface area contributed by atoms with Gasteiger partial charge < -0.3 is 9.47 Å². The Morgan fingerprint density at radius 2 is 1.68 bits per heavy atom. The van der Waals surface area contributed by atoms with Crippen LogP contribution in [0.15, 0.2) is 18.2 Å². The average Bonchev–Trinajstić information content (AvgIpc) is 2.46. The van der Waals surface area contributed by atoms with Gasteiger partial charge in [0.1, 0.15) is 11.5 Å². The Hall–Kier alpha value is -1.75. The first kappa shape index (κ1) is 15.3. The third kappa shape index (κ3) is 5.18. The molecule has 5 nitrogen and oxygen atoms in total. The standard InChI is InChI=1S/C14H20O5/c1-4-5-6-7-18-19-14(15)11-8-12(16-2)10-13(9-11)17-3/h8-10H,4-7H2,1-3H3. The lowest BCUT2D eigenvalue weighted by Gasteiger charge is -2.07. The van der Waals surface area contributed by atoms with E-state index >= 15 is 0 Å². The number of rotatable bonds is 8. The molecule has 0 aliphatic carbocycles. The Kier molecular flexibility index (Phi) is 6.74.